The van der Waals surface area contributed by atoms with E-state index >= 15 is 0 Å². The van der Waals surface area contributed by atoms with E-state index in [1.54, 1.807) is 12.1 Å². The van der Waals surface area contributed by atoms with E-state index in [1.807, 2.05) is 43.3 Å². The summed E-state index contributed by atoms with van der Waals surface area (Å²) in [6, 6.07) is 14.8. The van der Waals surface area contributed by atoms with Crippen LogP contribution in [0.4, 0.5) is 0 Å². The Morgan fingerprint density at radius 3 is 2.45 bits per heavy atom. The van der Waals surface area contributed by atoms with E-state index in [4.69, 9.17) is 5.10 Å². The maximum absolute atomic E-state index is 13.5. The number of aromatic hydroxyl groups is 1. The Morgan fingerprint density at radius 2 is 1.79 bits per heavy atom. The van der Waals surface area contributed by atoms with E-state index in [2.05, 4.69) is 20.8 Å². The molecular formula is C25H28N2O2. The maximum Gasteiger partial charge on any atom is 0.278 e. The fourth-order valence-corrected chi connectivity index (χ4v) is 4.46. The number of aromatic nitrogens is 2. The summed E-state index contributed by atoms with van der Waals surface area (Å²) >= 11 is 0. The van der Waals surface area contributed by atoms with Gasteiger partial charge in [0, 0.05) is 22.6 Å². The van der Waals surface area contributed by atoms with Crippen LogP contribution in [0.3, 0.4) is 0 Å². The van der Waals surface area contributed by atoms with Crippen LogP contribution >= 0.6 is 0 Å². The molecule has 0 aliphatic heterocycles. The predicted octanol–water partition coefficient (Wildman–Crippen LogP) is 5.89. The lowest BCUT2D eigenvalue weighted by molar-refractivity contribution is 0.0946. The van der Waals surface area contributed by atoms with Crippen LogP contribution in [-0.2, 0) is 0 Å². The SMILES string of the molecule is Cc1ccc(C(=O)n2nc3c(c2-c2ccccc2O)[C@H](C)CC[C@H]3C(C)C)cc1. The van der Waals surface area contributed by atoms with E-state index in [0.717, 1.165) is 35.4 Å². The molecule has 0 bridgehead atoms. The van der Waals surface area contributed by atoms with Gasteiger partial charge in [-0.15, -0.1) is 0 Å². The van der Waals surface area contributed by atoms with Gasteiger partial charge in [0.25, 0.3) is 5.91 Å². The Hall–Kier alpha value is -2.88. The quantitative estimate of drug-likeness (QED) is 0.609. The van der Waals surface area contributed by atoms with Gasteiger partial charge in [-0.2, -0.15) is 9.78 Å². The molecular weight excluding hydrogens is 360 g/mol. The minimum Gasteiger partial charge on any atom is -0.507 e. The second-order valence-corrected chi connectivity index (χ2v) is 8.58. The third kappa shape index (κ3) is 3.37. The number of rotatable bonds is 3. The van der Waals surface area contributed by atoms with Crippen molar-refractivity contribution in [3.63, 3.8) is 0 Å². The first kappa shape index (κ1) is 19.4. The zero-order chi connectivity index (χ0) is 20.7. The Kier molecular flexibility index (Phi) is 5.03. The molecule has 1 N–H and O–H groups in total. The number of phenols is 1. The summed E-state index contributed by atoms with van der Waals surface area (Å²) in [5, 5.41) is 15.5. The Balaban J connectivity index is 1.97. The molecule has 3 aromatic rings. The zero-order valence-electron chi connectivity index (χ0n) is 17.5. The van der Waals surface area contributed by atoms with Crippen molar-refractivity contribution in [1.29, 1.82) is 0 Å². The van der Waals surface area contributed by atoms with Crippen LogP contribution in [0.1, 0.15) is 72.6 Å². The molecule has 4 heteroatoms. The lowest BCUT2D eigenvalue weighted by Crippen LogP contribution is -2.17. The number of fused-ring (bicyclic) bond motifs is 1. The van der Waals surface area contributed by atoms with Gasteiger partial charge in [0.15, 0.2) is 0 Å². The second kappa shape index (κ2) is 7.51. The topological polar surface area (TPSA) is 55.1 Å². The largest absolute Gasteiger partial charge is 0.507 e. The van der Waals surface area contributed by atoms with E-state index < -0.39 is 0 Å². The summed E-state index contributed by atoms with van der Waals surface area (Å²) in [7, 11) is 0. The predicted molar refractivity (Wildman–Crippen MR) is 115 cm³/mol. The molecule has 29 heavy (non-hydrogen) atoms. The number of carbonyl (C=O) groups excluding carboxylic acids is 1. The zero-order valence-corrected chi connectivity index (χ0v) is 17.5. The van der Waals surface area contributed by atoms with Crippen molar-refractivity contribution in [3.8, 4) is 17.0 Å². The van der Waals surface area contributed by atoms with Crippen LogP contribution in [0.5, 0.6) is 5.75 Å². The number of aryl methyl sites for hydroxylation is 1. The van der Waals surface area contributed by atoms with Gasteiger partial charge < -0.3 is 5.11 Å². The van der Waals surface area contributed by atoms with Gasteiger partial charge in [-0.3, -0.25) is 4.79 Å². The highest BCUT2D eigenvalue weighted by Gasteiger charge is 2.36. The van der Waals surface area contributed by atoms with Crippen LogP contribution in [0.25, 0.3) is 11.3 Å². The first-order valence-corrected chi connectivity index (χ1v) is 10.4. The molecule has 2 aromatic carbocycles. The van der Waals surface area contributed by atoms with E-state index in [1.165, 1.54) is 4.68 Å². The number of hydrogen-bond acceptors (Lipinski definition) is 3. The molecule has 0 saturated heterocycles. The Morgan fingerprint density at radius 1 is 1.10 bits per heavy atom. The molecule has 1 aliphatic rings. The highest BCUT2D eigenvalue weighted by atomic mass is 16.3. The number of benzene rings is 2. The van der Waals surface area contributed by atoms with Gasteiger partial charge in [0.1, 0.15) is 5.75 Å². The molecule has 0 spiro atoms. The van der Waals surface area contributed by atoms with Crippen molar-refractivity contribution in [2.24, 2.45) is 5.92 Å². The van der Waals surface area contributed by atoms with Crippen molar-refractivity contribution in [1.82, 2.24) is 9.78 Å². The lowest BCUT2D eigenvalue weighted by atomic mass is 9.75. The molecule has 150 valence electrons. The van der Waals surface area contributed by atoms with Gasteiger partial charge in [-0.1, -0.05) is 50.6 Å². The van der Waals surface area contributed by atoms with Crippen LogP contribution in [0.2, 0.25) is 0 Å². The third-order valence-electron chi connectivity index (χ3n) is 6.16. The normalized spacial score (nSPS) is 18.7. The van der Waals surface area contributed by atoms with Gasteiger partial charge >= 0.3 is 0 Å². The fourth-order valence-electron chi connectivity index (χ4n) is 4.46. The minimum atomic E-state index is -0.160. The average molecular weight is 389 g/mol. The minimum absolute atomic E-state index is 0.160. The van der Waals surface area contributed by atoms with Crippen molar-refractivity contribution in [2.75, 3.05) is 0 Å². The monoisotopic (exact) mass is 388 g/mol. The maximum atomic E-state index is 13.5. The van der Waals surface area contributed by atoms with Gasteiger partial charge in [0.2, 0.25) is 0 Å². The number of hydrogen-bond donors (Lipinski definition) is 1. The van der Waals surface area contributed by atoms with E-state index in [0.29, 0.717) is 23.0 Å². The number of phenolic OH excluding ortho intramolecular Hbond substituents is 1. The summed E-state index contributed by atoms with van der Waals surface area (Å²) in [5.74, 6) is 1.06. The summed E-state index contributed by atoms with van der Waals surface area (Å²) in [6.07, 6.45) is 2.13. The highest BCUT2D eigenvalue weighted by molar-refractivity contribution is 5.98. The van der Waals surface area contributed by atoms with E-state index in [-0.39, 0.29) is 17.6 Å². The molecule has 0 amide bonds. The molecule has 1 aliphatic carbocycles. The second-order valence-electron chi connectivity index (χ2n) is 8.58. The smallest absolute Gasteiger partial charge is 0.278 e. The standard InChI is InChI=1S/C25H28N2O2/c1-15(2)19-14-11-17(4)22-23(19)26-27(24(22)20-7-5-6-8-21(20)28)25(29)18-12-9-16(3)10-13-18/h5-10,12-13,15,17,19,28H,11,14H2,1-4H3/t17-,19+/m1/s1. The molecule has 0 fully saturated rings. The van der Waals surface area contributed by atoms with Crippen LogP contribution in [0, 0.1) is 12.8 Å². The molecule has 4 nitrogen and oxygen atoms in total. The first-order chi connectivity index (χ1) is 13.9. The molecule has 2 atom stereocenters. The number of para-hydroxylation sites is 1. The molecule has 1 aromatic heterocycles. The van der Waals surface area contributed by atoms with Crippen molar-refractivity contribution < 1.29 is 9.90 Å². The van der Waals surface area contributed by atoms with Crippen molar-refractivity contribution >= 4 is 5.91 Å². The van der Waals surface area contributed by atoms with Crippen molar-refractivity contribution in [2.45, 2.75) is 52.4 Å². The van der Waals surface area contributed by atoms with Crippen LogP contribution in [-0.4, -0.2) is 20.8 Å². The molecule has 4 rings (SSSR count). The number of carbonyl (C=O) groups is 1. The van der Waals surface area contributed by atoms with Crippen LogP contribution in [0.15, 0.2) is 48.5 Å². The van der Waals surface area contributed by atoms with Gasteiger partial charge in [-0.25, -0.2) is 0 Å². The lowest BCUT2D eigenvalue weighted by Gasteiger charge is -2.29. The van der Waals surface area contributed by atoms with Crippen LogP contribution < -0.4 is 0 Å². The van der Waals surface area contributed by atoms with Gasteiger partial charge in [0.05, 0.1) is 11.4 Å². The molecule has 0 unspecified atom stereocenters. The number of nitrogens with zero attached hydrogens (tertiary/aromatic N) is 2. The Labute approximate surface area is 172 Å². The molecule has 0 saturated carbocycles. The van der Waals surface area contributed by atoms with E-state index in [9.17, 15) is 9.90 Å². The Bertz CT molecular complexity index is 1050. The fraction of sp³-hybridized carbons (Fsp3) is 0.360. The summed E-state index contributed by atoms with van der Waals surface area (Å²) < 4.78 is 1.53. The summed E-state index contributed by atoms with van der Waals surface area (Å²) in [4.78, 5) is 13.5. The highest BCUT2D eigenvalue weighted by Crippen LogP contribution is 2.47. The molecule has 0 radical (unpaired) electrons. The third-order valence-corrected chi connectivity index (χ3v) is 6.16. The van der Waals surface area contributed by atoms with Gasteiger partial charge in [-0.05, 0) is 55.9 Å². The average Bonchev–Trinajstić information content (AvgIpc) is 3.09. The first-order valence-electron chi connectivity index (χ1n) is 10.4. The summed E-state index contributed by atoms with van der Waals surface area (Å²) in [5.41, 5.74) is 5.23. The summed E-state index contributed by atoms with van der Waals surface area (Å²) in [6.45, 7) is 8.63. The van der Waals surface area contributed by atoms with Crippen molar-refractivity contribution in [3.05, 3.63) is 70.9 Å². The molecule has 1 heterocycles.